The normalized spacial score (nSPS) is 22.5. The maximum atomic E-state index is 13.0. The second-order valence-electron chi connectivity index (χ2n) is 6.67. The monoisotopic (exact) mass is 355 g/mol. The van der Waals surface area contributed by atoms with Gasteiger partial charge in [-0.1, -0.05) is 0 Å². The number of carbonyl (C=O) groups excluding carboxylic acids is 1. The molecule has 2 saturated heterocycles. The minimum absolute atomic E-state index is 0. The Kier molecular flexibility index (Phi) is 7.46. The van der Waals surface area contributed by atoms with Gasteiger partial charge in [-0.3, -0.25) is 4.79 Å². The van der Waals surface area contributed by atoms with Crippen LogP contribution in [0.3, 0.4) is 0 Å². The molecule has 0 aromatic heterocycles. The van der Waals surface area contributed by atoms with Gasteiger partial charge >= 0.3 is 0 Å². The molecule has 4 nitrogen and oxygen atoms in total. The number of amides is 1. The molecular weight excluding hydrogens is 329 g/mol. The van der Waals surface area contributed by atoms with Gasteiger partial charge in [-0.25, -0.2) is 4.39 Å². The molecule has 134 valence electrons. The highest BCUT2D eigenvalue weighted by atomic mass is 35.5. The van der Waals surface area contributed by atoms with Crippen molar-refractivity contribution in [3.05, 3.63) is 35.6 Å². The zero-order valence-electron chi connectivity index (χ0n) is 14.0. The van der Waals surface area contributed by atoms with E-state index in [1.165, 1.54) is 25.0 Å². The molecule has 1 aromatic rings. The smallest absolute Gasteiger partial charge is 0.253 e. The molecule has 0 aliphatic carbocycles. The Morgan fingerprint density at radius 1 is 1.12 bits per heavy atom. The summed E-state index contributed by atoms with van der Waals surface area (Å²) in [5, 5.41) is 3.47. The summed E-state index contributed by atoms with van der Waals surface area (Å²) < 4.78 is 13.0. The summed E-state index contributed by atoms with van der Waals surface area (Å²) in [6, 6.07) is 5.86. The van der Waals surface area contributed by atoms with Crippen LogP contribution in [0.1, 0.15) is 29.6 Å². The van der Waals surface area contributed by atoms with Crippen molar-refractivity contribution < 1.29 is 9.18 Å². The van der Waals surface area contributed by atoms with Gasteiger partial charge in [-0.15, -0.1) is 12.4 Å². The van der Waals surface area contributed by atoms with Crippen LogP contribution in [0.2, 0.25) is 0 Å². The van der Waals surface area contributed by atoms with Crippen LogP contribution in [0.5, 0.6) is 0 Å². The van der Waals surface area contributed by atoms with E-state index in [1.807, 2.05) is 4.90 Å². The van der Waals surface area contributed by atoms with Gasteiger partial charge in [-0.05, 0) is 69.1 Å². The highest BCUT2D eigenvalue weighted by Crippen LogP contribution is 2.15. The lowest BCUT2D eigenvalue weighted by Gasteiger charge is -2.29. The zero-order valence-corrected chi connectivity index (χ0v) is 14.9. The summed E-state index contributed by atoms with van der Waals surface area (Å²) in [5.74, 6) is 0.457. The van der Waals surface area contributed by atoms with Gasteiger partial charge in [-0.2, -0.15) is 0 Å². The van der Waals surface area contributed by atoms with Crippen molar-refractivity contribution in [1.82, 2.24) is 15.1 Å². The minimum atomic E-state index is -0.301. The number of hydrogen-bond donors (Lipinski definition) is 1. The lowest BCUT2D eigenvalue weighted by atomic mass is 9.99. The predicted molar refractivity (Wildman–Crippen MR) is 96.2 cm³/mol. The third-order valence-electron chi connectivity index (χ3n) is 4.88. The molecule has 2 fully saturated rings. The number of carbonyl (C=O) groups is 1. The highest BCUT2D eigenvalue weighted by molar-refractivity contribution is 5.94. The van der Waals surface area contributed by atoms with Crippen LogP contribution in [-0.2, 0) is 0 Å². The molecule has 1 unspecified atom stereocenters. The van der Waals surface area contributed by atoms with Crippen LogP contribution < -0.4 is 5.32 Å². The highest BCUT2D eigenvalue weighted by Gasteiger charge is 2.22. The van der Waals surface area contributed by atoms with Gasteiger partial charge in [0.25, 0.3) is 5.91 Å². The fourth-order valence-electron chi connectivity index (χ4n) is 3.58. The molecule has 2 heterocycles. The first-order valence-corrected chi connectivity index (χ1v) is 8.70. The molecule has 0 spiro atoms. The Labute approximate surface area is 149 Å². The van der Waals surface area contributed by atoms with E-state index in [0.29, 0.717) is 5.56 Å². The standard InChI is InChI=1S/C18H26FN3O.ClH/c19-17-6-4-16(5-7-17)18(23)22-10-2-9-21(11-12-22)14-15-3-1-8-20-13-15;/h4-7,15,20H,1-3,8-14H2;1H. The van der Waals surface area contributed by atoms with Crippen molar-refractivity contribution in [2.75, 3.05) is 45.8 Å². The summed E-state index contributed by atoms with van der Waals surface area (Å²) in [7, 11) is 0. The molecule has 0 bridgehead atoms. The largest absolute Gasteiger partial charge is 0.337 e. The Morgan fingerprint density at radius 2 is 1.92 bits per heavy atom. The number of rotatable bonds is 3. The number of nitrogens with one attached hydrogen (secondary N) is 1. The van der Waals surface area contributed by atoms with E-state index in [0.717, 1.165) is 58.2 Å². The fraction of sp³-hybridized carbons (Fsp3) is 0.611. The van der Waals surface area contributed by atoms with Crippen LogP contribution in [0.25, 0.3) is 0 Å². The third kappa shape index (κ3) is 5.16. The molecule has 2 aliphatic rings. The van der Waals surface area contributed by atoms with E-state index in [4.69, 9.17) is 0 Å². The SMILES string of the molecule is Cl.O=C(c1ccc(F)cc1)N1CCCN(CC2CCCNC2)CC1. The van der Waals surface area contributed by atoms with Crippen molar-refractivity contribution in [2.45, 2.75) is 19.3 Å². The molecule has 6 heteroatoms. The lowest BCUT2D eigenvalue weighted by molar-refractivity contribution is 0.0760. The van der Waals surface area contributed by atoms with Gasteiger partial charge in [0, 0.05) is 31.7 Å². The Balaban J connectivity index is 0.00000208. The van der Waals surface area contributed by atoms with E-state index < -0.39 is 0 Å². The van der Waals surface area contributed by atoms with Crippen molar-refractivity contribution in [3.63, 3.8) is 0 Å². The van der Waals surface area contributed by atoms with E-state index in [-0.39, 0.29) is 24.1 Å². The first-order chi connectivity index (χ1) is 11.2. The van der Waals surface area contributed by atoms with Crippen LogP contribution in [0, 0.1) is 11.7 Å². The average molecular weight is 356 g/mol. The number of benzene rings is 1. The second kappa shape index (κ2) is 9.35. The molecule has 1 amide bonds. The molecule has 0 saturated carbocycles. The van der Waals surface area contributed by atoms with Gasteiger partial charge in [0.2, 0.25) is 0 Å². The van der Waals surface area contributed by atoms with Crippen molar-refractivity contribution in [1.29, 1.82) is 0 Å². The van der Waals surface area contributed by atoms with Gasteiger partial charge < -0.3 is 15.1 Å². The van der Waals surface area contributed by atoms with Crippen LogP contribution in [0.15, 0.2) is 24.3 Å². The zero-order chi connectivity index (χ0) is 16.1. The van der Waals surface area contributed by atoms with Gasteiger partial charge in [0.15, 0.2) is 0 Å². The number of nitrogens with zero attached hydrogens (tertiary/aromatic N) is 2. The van der Waals surface area contributed by atoms with Crippen molar-refractivity contribution in [3.8, 4) is 0 Å². The molecule has 3 rings (SSSR count). The summed E-state index contributed by atoms with van der Waals surface area (Å²) in [5.41, 5.74) is 0.580. The maximum Gasteiger partial charge on any atom is 0.253 e. The molecule has 0 radical (unpaired) electrons. The Hall–Kier alpha value is -1.17. The summed E-state index contributed by atoms with van der Waals surface area (Å²) in [6.07, 6.45) is 3.59. The molecule has 2 aliphatic heterocycles. The summed E-state index contributed by atoms with van der Waals surface area (Å²) in [6.45, 7) is 6.94. The quantitative estimate of drug-likeness (QED) is 0.904. The summed E-state index contributed by atoms with van der Waals surface area (Å²) >= 11 is 0. The number of piperidine rings is 1. The second-order valence-corrected chi connectivity index (χ2v) is 6.67. The lowest BCUT2D eigenvalue weighted by Crippen LogP contribution is -2.40. The molecule has 1 aromatic carbocycles. The molecular formula is C18H27ClFN3O. The van der Waals surface area contributed by atoms with Gasteiger partial charge in [0.05, 0.1) is 0 Å². The first kappa shape index (κ1) is 19.2. The third-order valence-corrected chi connectivity index (χ3v) is 4.88. The Bertz CT molecular complexity index is 520. The summed E-state index contributed by atoms with van der Waals surface area (Å²) in [4.78, 5) is 16.9. The van der Waals surface area contributed by atoms with Gasteiger partial charge in [0.1, 0.15) is 5.82 Å². The van der Waals surface area contributed by atoms with E-state index >= 15 is 0 Å². The van der Waals surface area contributed by atoms with Crippen molar-refractivity contribution in [2.24, 2.45) is 5.92 Å². The van der Waals surface area contributed by atoms with E-state index in [9.17, 15) is 9.18 Å². The molecule has 24 heavy (non-hydrogen) atoms. The van der Waals surface area contributed by atoms with Crippen molar-refractivity contribution >= 4 is 18.3 Å². The van der Waals surface area contributed by atoms with Crippen LogP contribution in [0.4, 0.5) is 4.39 Å². The fourth-order valence-corrected chi connectivity index (χ4v) is 3.58. The predicted octanol–water partition coefficient (Wildman–Crippen LogP) is 2.40. The van der Waals surface area contributed by atoms with Crippen LogP contribution >= 0.6 is 12.4 Å². The number of hydrogen-bond acceptors (Lipinski definition) is 3. The minimum Gasteiger partial charge on any atom is -0.337 e. The molecule has 1 N–H and O–H groups in total. The van der Waals surface area contributed by atoms with E-state index in [1.54, 1.807) is 12.1 Å². The first-order valence-electron chi connectivity index (χ1n) is 8.70. The number of halogens is 2. The Morgan fingerprint density at radius 3 is 2.62 bits per heavy atom. The van der Waals surface area contributed by atoms with Crippen LogP contribution in [-0.4, -0.2) is 61.5 Å². The topological polar surface area (TPSA) is 35.6 Å². The molecule has 1 atom stereocenters. The van der Waals surface area contributed by atoms with E-state index in [2.05, 4.69) is 10.2 Å². The average Bonchev–Trinajstić information content (AvgIpc) is 2.81. The maximum absolute atomic E-state index is 13.0.